The van der Waals surface area contributed by atoms with Gasteiger partial charge in [0.15, 0.2) is 0 Å². The van der Waals surface area contributed by atoms with Crippen molar-refractivity contribution in [2.75, 3.05) is 33.3 Å². The molecule has 2 aliphatic rings. The summed E-state index contributed by atoms with van der Waals surface area (Å²) in [6, 6.07) is 13.4. The summed E-state index contributed by atoms with van der Waals surface area (Å²) in [5.74, 6) is 1.51. The van der Waals surface area contributed by atoms with E-state index in [1.54, 1.807) is 35.9 Å². The highest BCUT2D eigenvalue weighted by atomic mass is 32.2. The number of methoxy groups -OCH3 is 1. The van der Waals surface area contributed by atoms with Crippen LogP contribution >= 0.6 is 11.8 Å². The Hall–Kier alpha value is -3.31. The predicted octanol–water partition coefficient (Wildman–Crippen LogP) is 3.44. The number of nitrogens with one attached hydrogen (secondary N) is 1. The van der Waals surface area contributed by atoms with Crippen molar-refractivity contribution in [2.45, 2.75) is 43.0 Å². The molecule has 2 aliphatic heterocycles. The fourth-order valence-corrected chi connectivity index (χ4v) is 5.78. The van der Waals surface area contributed by atoms with E-state index >= 15 is 0 Å². The van der Waals surface area contributed by atoms with E-state index in [4.69, 9.17) is 9.47 Å². The lowest BCUT2D eigenvalue weighted by Crippen LogP contribution is -2.56. The minimum Gasteiger partial charge on any atom is -0.497 e. The standard InChI is InChI=1S/C26H32N4O6S/c1-18-14-28(12-11-27-18)25(31)24-13-23(37-17-20-5-9-22(35-2)10-6-20)15-29(24)26(32)36-16-19-3-7-21(8-4-19)30(33)34/h3-10,18,23-24,27H,11-17H2,1-2H3/t18-,23-,24-/m0/s1. The maximum atomic E-state index is 13.5. The molecule has 0 bridgehead atoms. The molecular weight excluding hydrogens is 496 g/mol. The number of carbonyl (C=O) groups is 2. The van der Waals surface area contributed by atoms with Crippen molar-refractivity contribution in [3.63, 3.8) is 0 Å². The topological polar surface area (TPSA) is 114 Å². The number of piperazine rings is 1. The van der Waals surface area contributed by atoms with Gasteiger partial charge in [0.1, 0.15) is 18.4 Å². The van der Waals surface area contributed by atoms with Gasteiger partial charge in [-0.1, -0.05) is 12.1 Å². The predicted molar refractivity (Wildman–Crippen MR) is 141 cm³/mol. The number of nitro benzene ring substituents is 1. The lowest BCUT2D eigenvalue weighted by Gasteiger charge is -2.35. The minimum absolute atomic E-state index is 0.0252. The average Bonchev–Trinajstić information content (AvgIpc) is 3.35. The number of nitrogens with zero attached hydrogens (tertiary/aromatic N) is 3. The summed E-state index contributed by atoms with van der Waals surface area (Å²) in [5.41, 5.74) is 1.76. The van der Waals surface area contributed by atoms with Crippen LogP contribution in [0, 0.1) is 10.1 Å². The first-order valence-corrected chi connectivity index (χ1v) is 13.3. The van der Waals surface area contributed by atoms with Crippen LogP contribution in [0.25, 0.3) is 0 Å². The van der Waals surface area contributed by atoms with E-state index in [-0.39, 0.29) is 29.5 Å². The van der Waals surface area contributed by atoms with Gasteiger partial charge in [-0.15, -0.1) is 0 Å². The zero-order valence-electron chi connectivity index (χ0n) is 21.0. The van der Waals surface area contributed by atoms with Gasteiger partial charge in [0.05, 0.1) is 12.0 Å². The number of benzene rings is 2. The number of ether oxygens (including phenoxy) is 2. The van der Waals surface area contributed by atoms with Crippen LogP contribution in [0.3, 0.4) is 0 Å². The van der Waals surface area contributed by atoms with Crippen LogP contribution in [0.4, 0.5) is 10.5 Å². The van der Waals surface area contributed by atoms with E-state index in [1.807, 2.05) is 36.1 Å². The van der Waals surface area contributed by atoms with Gasteiger partial charge in [0, 0.05) is 55.4 Å². The fraction of sp³-hybridized carbons (Fsp3) is 0.462. The number of hydrogen-bond donors (Lipinski definition) is 1. The van der Waals surface area contributed by atoms with Gasteiger partial charge in [-0.25, -0.2) is 4.79 Å². The zero-order chi connectivity index (χ0) is 26.4. The first-order valence-electron chi connectivity index (χ1n) is 12.3. The van der Waals surface area contributed by atoms with E-state index in [2.05, 4.69) is 5.32 Å². The molecule has 3 atom stereocenters. The Balaban J connectivity index is 1.41. The van der Waals surface area contributed by atoms with Gasteiger partial charge in [0.25, 0.3) is 5.69 Å². The summed E-state index contributed by atoms with van der Waals surface area (Å²) in [7, 11) is 1.63. The number of amides is 2. The molecule has 0 radical (unpaired) electrons. The number of thioether (sulfide) groups is 1. The van der Waals surface area contributed by atoms with Crippen LogP contribution in [0.15, 0.2) is 48.5 Å². The number of carbonyl (C=O) groups excluding carboxylic acids is 2. The molecule has 2 saturated heterocycles. The molecule has 37 heavy (non-hydrogen) atoms. The monoisotopic (exact) mass is 528 g/mol. The molecule has 0 aliphatic carbocycles. The molecular formula is C26H32N4O6S. The summed E-state index contributed by atoms with van der Waals surface area (Å²) >= 11 is 1.72. The maximum Gasteiger partial charge on any atom is 0.410 e. The number of nitro groups is 1. The lowest BCUT2D eigenvalue weighted by atomic mass is 10.1. The molecule has 10 nitrogen and oxygen atoms in total. The summed E-state index contributed by atoms with van der Waals surface area (Å²) in [6.45, 7) is 4.36. The second kappa shape index (κ2) is 12.3. The van der Waals surface area contributed by atoms with Crippen molar-refractivity contribution in [3.8, 4) is 5.75 Å². The van der Waals surface area contributed by atoms with Crippen molar-refractivity contribution in [1.82, 2.24) is 15.1 Å². The molecule has 1 N–H and O–H groups in total. The van der Waals surface area contributed by atoms with Gasteiger partial charge in [-0.05, 0) is 48.7 Å². The van der Waals surface area contributed by atoms with Crippen molar-refractivity contribution < 1.29 is 24.0 Å². The van der Waals surface area contributed by atoms with Crippen LogP contribution in [-0.4, -0.2) is 77.3 Å². The molecule has 2 aromatic rings. The first kappa shape index (κ1) is 26.7. The normalized spacial score (nSPS) is 21.5. The van der Waals surface area contributed by atoms with Crippen LogP contribution in [0.5, 0.6) is 5.75 Å². The molecule has 0 aromatic heterocycles. The molecule has 2 fully saturated rings. The highest BCUT2D eigenvalue weighted by molar-refractivity contribution is 7.99. The summed E-state index contributed by atoms with van der Waals surface area (Å²) in [5, 5.41) is 14.3. The third-order valence-electron chi connectivity index (χ3n) is 6.62. The molecule has 11 heteroatoms. The van der Waals surface area contributed by atoms with Gasteiger partial charge in [-0.2, -0.15) is 11.8 Å². The minimum atomic E-state index is -0.581. The van der Waals surface area contributed by atoms with Crippen LogP contribution < -0.4 is 10.1 Å². The molecule has 0 saturated carbocycles. The number of likely N-dealkylation sites (tertiary alicyclic amines) is 1. The second-order valence-electron chi connectivity index (χ2n) is 9.30. The van der Waals surface area contributed by atoms with E-state index in [0.717, 1.165) is 23.6 Å². The third-order valence-corrected chi connectivity index (χ3v) is 7.93. The van der Waals surface area contributed by atoms with Crippen LogP contribution in [-0.2, 0) is 21.9 Å². The maximum absolute atomic E-state index is 13.5. The zero-order valence-corrected chi connectivity index (χ0v) is 21.8. The molecule has 198 valence electrons. The molecule has 2 amide bonds. The van der Waals surface area contributed by atoms with E-state index < -0.39 is 17.1 Å². The fourth-order valence-electron chi connectivity index (χ4n) is 4.58. The Bertz CT molecular complexity index is 1100. The van der Waals surface area contributed by atoms with Crippen molar-refractivity contribution in [2.24, 2.45) is 0 Å². The van der Waals surface area contributed by atoms with Crippen molar-refractivity contribution in [3.05, 3.63) is 69.8 Å². The average molecular weight is 529 g/mol. The lowest BCUT2D eigenvalue weighted by molar-refractivity contribution is -0.384. The Morgan fingerprint density at radius 1 is 1.11 bits per heavy atom. The molecule has 2 aromatic carbocycles. The first-order chi connectivity index (χ1) is 17.8. The Morgan fingerprint density at radius 2 is 1.81 bits per heavy atom. The Labute approximate surface area is 220 Å². The Morgan fingerprint density at radius 3 is 2.46 bits per heavy atom. The molecule has 0 unspecified atom stereocenters. The number of non-ortho nitro benzene ring substituents is 1. The number of rotatable bonds is 8. The molecule has 2 heterocycles. The molecule has 4 rings (SSSR count). The number of hydrogen-bond acceptors (Lipinski definition) is 8. The van der Waals surface area contributed by atoms with Crippen LogP contribution in [0.1, 0.15) is 24.5 Å². The largest absolute Gasteiger partial charge is 0.497 e. The van der Waals surface area contributed by atoms with Gasteiger partial charge in [0.2, 0.25) is 5.91 Å². The highest BCUT2D eigenvalue weighted by Gasteiger charge is 2.42. The summed E-state index contributed by atoms with van der Waals surface area (Å²) in [6.07, 6.45) is 0.0114. The van der Waals surface area contributed by atoms with E-state index in [0.29, 0.717) is 31.6 Å². The van der Waals surface area contributed by atoms with Crippen molar-refractivity contribution in [1.29, 1.82) is 0 Å². The highest BCUT2D eigenvalue weighted by Crippen LogP contribution is 2.32. The second-order valence-corrected chi connectivity index (χ2v) is 10.6. The van der Waals surface area contributed by atoms with Crippen molar-refractivity contribution >= 4 is 29.4 Å². The van der Waals surface area contributed by atoms with Gasteiger partial charge < -0.3 is 19.7 Å². The quantitative estimate of drug-likeness (QED) is 0.409. The SMILES string of the molecule is COc1ccc(CS[C@H]2C[C@@H](C(=O)N3CCN[C@@H](C)C3)N(C(=O)OCc3ccc([N+](=O)[O-])cc3)C2)cc1. The van der Waals surface area contributed by atoms with E-state index in [1.165, 1.54) is 12.1 Å². The van der Waals surface area contributed by atoms with E-state index in [9.17, 15) is 19.7 Å². The Kier molecular flexibility index (Phi) is 8.88. The summed E-state index contributed by atoms with van der Waals surface area (Å²) < 4.78 is 10.8. The third kappa shape index (κ3) is 6.92. The smallest absolute Gasteiger partial charge is 0.410 e. The summed E-state index contributed by atoms with van der Waals surface area (Å²) in [4.78, 5) is 40.4. The van der Waals surface area contributed by atoms with Gasteiger partial charge in [-0.3, -0.25) is 19.8 Å². The van der Waals surface area contributed by atoms with Crippen LogP contribution in [0.2, 0.25) is 0 Å². The molecule has 0 spiro atoms. The van der Waals surface area contributed by atoms with Gasteiger partial charge >= 0.3 is 6.09 Å².